The maximum absolute atomic E-state index is 13.3. The quantitative estimate of drug-likeness (QED) is 0.520. The van der Waals surface area contributed by atoms with E-state index in [1.807, 2.05) is 30.3 Å². The summed E-state index contributed by atoms with van der Waals surface area (Å²) >= 11 is 1.25. The van der Waals surface area contributed by atoms with Crippen LogP contribution in [0.5, 0.6) is 0 Å². The van der Waals surface area contributed by atoms with E-state index in [1.165, 1.54) is 11.9 Å². The lowest BCUT2D eigenvalue weighted by atomic mass is 9.91. The molecule has 0 radical (unpaired) electrons. The number of nitrogens with one attached hydrogen (secondary N) is 2. The molecule has 2 atom stereocenters. The normalized spacial score (nSPS) is 23.4. The molecule has 4 rings (SSSR count). The van der Waals surface area contributed by atoms with E-state index < -0.39 is 0 Å². The van der Waals surface area contributed by atoms with Crippen LogP contribution in [0.3, 0.4) is 0 Å². The summed E-state index contributed by atoms with van der Waals surface area (Å²) in [5.74, 6) is 2.06. The monoisotopic (exact) mass is 453 g/mol. The third kappa shape index (κ3) is 4.87. The van der Waals surface area contributed by atoms with Crippen LogP contribution < -0.4 is 14.9 Å². The Bertz CT molecular complexity index is 1000. The van der Waals surface area contributed by atoms with E-state index in [1.54, 1.807) is 0 Å². The van der Waals surface area contributed by atoms with Crippen LogP contribution in [0.1, 0.15) is 76.9 Å². The molecule has 6 nitrogen and oxygen atoms in total. The number of nitrogens with zero attached hydrogens (tertiary/aromatic N) is 3. The van der Waals surface area contributed by atoms with Crippen molar-refractivity contribution in [2.45, 2.75) is 82.8 Å². The van der Waals surface area contributed by atoms with E-state index in [2.05, 4.69) is 61.5 Å². The van der Waals surface area contributed by atoms with Gasteiger partial charge in [0.2, 0.25) is 0 Å². The lowest BCUT2D eigenvalue weighted by molar-refractivity contribution is 0.0984. The van der Waals surface area contributed by atoms with E-state index in [-0.39, 0.29) is 16.9 Å². The molecule has 7 heteroatoms. The molecule has 0 saturated carbocycles. The molecular weight excluding hydrogens is 418 g/mol. The summed E-state index contributed by atoms with van der Waals surface area (Å²) in [6.45, 7) is 14.2. The van der Waals surface area contributed by atoms with Crippen LogP contribution in [0.25, 0.3) is 0 Å². The Morgan fingerprint density at radius 3 is 2.66 bits per heavy atom. The molecule has 1 saturated heterocycles. The molecule has 172 valence electrons. The van der Waals surface area contributed by atoms with Gasteiger partial charge in [-0.05, 0) is 70.2 Å². The Labute approximate surface area is 196 Å². The maximum atomic E-state index is 13.3. The Morgan fingerprint density at radius 2 is 1.91 bits per heavy atom. The standard InChI is InChI=1S/C25H35N5OS/c1-16-10-11-17-14-25(5,6)30(15-17)22-18(12-13-19(27-22)24(2,3)4)23(31)29-32-21-9-7-8-20(26-16)28-21/h7-9,12-13,16-17H,10-11,14-15H2,1-6H3,(H,26,28)(H,29,31). The molecule has 0 aliphatic carbocycles. The first-order chi connectivity index (χ1) is 15.0. The third-order valence-electron chi connectivity index (χ3n) is 6.48. The summed E-state index contributed by atoms with van der Waals surface area (Å²) in [5, 5.41) is 4.28. The fourth-order valence-electron chi connectivity index (χ4n) is 4.72. The van der Waals surface area contributed by atoms with Gasteiger partial charge in [-0.15, -0.1) is 0 Å². The molecule has 2 aliphatic heterocycles. The predicted molar refractivity (Wildman–Crippen MR) is 132 cm³/mol. The van der Waals surface area contributed by atoms with Crippen LogP contribution in [0.2, 0.25) is 0 Å². The number of hydrogen-bond acceptors (Lipinski definition) is 6. The van der Waals surface area contributed by atoms with E-state index in [9.17, 15) is 4.79 Å². The zero-order chi connectivity index (χ0) is 23.1. The number of anilines is 2. The molecule has 4 bridgehead atoms. The van der Waals surface area contributed by atoms with Crippen LogP contribution in [0.15, 0.2) is 35.4 Å². The molecule has 0 aromatic carbocycles. The second-order valence-corrected chi connectivity index (χ2v) is 11.7. The molecule has 2 aliphatic rings. The lowest BCUT2D eigenvalue weighted by Crippen LogP contribution is -2.40. The van der Waals surface area contributed by atoms with Crippen molar-refractivity contribution in [3.63, 3.8) is 0 Å². The van der Waals surface area contributed by atoms with Gasteiger partial charge in [-0.1, -0.05) is 26.8 Å². The molecule has 2 N–H and O–H groups in total. The number of pyridine rings is 2. The first kappa shape index (κ1) is 22.9. The highest BCUT2D eigenvalue weighted by Gasteiger charge is 2.41. The Morgan fingerprint density at radius 1 is 1.12 bits per heavy atom. The van der Waals surface area contributed by atoms with Gasteiger partial charge < -0.3 is 10.2 Å². The number of aromatic nitrogens is 2. The number of amides is 1. The van der Waals surface area contributed by atoms with Gasteiger partial charge in [0.05, 0.1) is 5.56 Å². The Hall–Kier alpha value is -2.28. The zero-order valence-corrected chi connectivity index (χ0v) is 20.8. The van der Waals surface area contributed by atoms with Gasteiger partial charge in [0, 0.05) is 41.2 Å². The average molecular weight is 454 g/mol. The van der Waals surface area contributed by atoms with Crippen molar-refractivity contribution in [2.75, 3.05) is 16.8 Å². The van der Waals surface area contributed by atoms with Gasteiger partial charge >= 0.3 is 0 Å². The van der Waals surface area contributed by atoms with Gasteiger partial charge in [-0.25, -0.2) is 9.97 Å². The Balaban J connectivity index is 1.76. The lowest BCUT2D eigenvalue weighted by Gasteiger charge is -2.34. The highest BCUT2D eigenvalue weighted by atomic mass is 32.2. The highest BCUT2D eigenvalue weighted by molar-refractivity contribution is 7.97. The fourth-order valence-corrected chi connectivity index (χ4v) is 5.32. The molecule has 0 spiro atoms. The smallest absolute Gasteiger partial charge is 0.265 e. The van der Waals surface area contributed by atoms with Crippen molar-refractivity contribution in [2.24, 2.45) is 5.92 Å². The van der Waals surface area contributed by atoms with Crippen molar-refractivity contribution in [1.29, 1.82) is 0 Å². The van der Waals surface area contributed by atoms with Crippen molar-refractivity contribution in [3.05, 3.63) is 41.6 Å². The summed E-state index contributed by atoms with van der Waals surface area (Å²) < 4.78 is 2.99. The summed E-state index contributed by atoms with van der Waals surface area (Å²) in [6, 6.07) is 10.1. The second kappa shape index (κ2) is 8.58. The number of hydrogen-bond donors (Lipinski definition) is 2. The molecule has 2 unspecified atom stereocenters. The summed E-state index contributed by atoms with van der Waals surface area (Å²) in [4.78, 5) is 25.4. The van der Waals surface area contributed by atoms with Gasteiger partial charge in [-0.3, -0.25) is 9.52 Å². The van der Waals surface area contributed by atoms with Crippen LogP contribution >= 0.6 is 11.9 Å². The van der Waals surface area contributed by atoms with Gasteiger partial charge in [0.25, 0.3) is 5.91 Å². The number of fused-ring (bicyclic) bond motifs is 6. The van der Waals surface area contributed by atoms with Crippen molar-refractivity contribution in [1.82, 2.24) is 14.7 Å². The average Bonchev–Trinajstić information content (AvgIpc) is 3.03. The molecule has 4 heterocycles. The van der Waals surface area contributed by atoms with E-state index in [0.717, 1.165) is 48.2 Å². The Kier molecular flexibility index (Phi) is 6.14. The van der Waals surface area contributed by atoms with Crippen LogP contribution in [-0.2, 0) is 5.41 Å². The predicted octanol–water partition coefficient (Wildman–Crippen LogP) is 5.41. The fraction of sp³-hybridized carbons (Fsp3) is 0.560. The van der Waals surface area contributed by atoms with E-state index >= 15 is 0 Å². The van der Waals surface area contributed by atoms with Crippen molar-refractivity contribution in [3.8, 4) is 0 Å². The highest BCUT2D eigenvalue weighted by Crippen LogP contribution is 2.40. The molecule has 32 heavy (non-hydrogen) atoms. The zero-order valence-electron chi connectivity index (χ0n) is 20.0. The first-order valence-electron chi connectivity index (χ1n) is 11.5. The van der Waals surface area contributed by atoms with Crippen LogP contribution in [0.4, 0.5) is 11.6 Å². The minimum absolute atomic E-state index is 0.0596. The van der Waals surface area contributed by atoms with Gasteiger partial charge in [0.15, 0.2) is 0 Å². The van der Waals surface area contributed by atoms with Crippen LogP contribution in [-0.4, -0.2) is 34.0 Å². The number of carbonyl (C=O) groups excluding carboxylic acids is 1. The molecular formula is C25H35N5OS. The number of rotatable bonds is 0. The largest absolute Gasteiger partial charge is 0.368 e. The SMILES string of the molecule is CC1CCC2CN(c3nc(C(C)(C)C)ccc3C(=O)NSc3cccc(n3)N1)C(C)(C)C2. The van der Waals surface area contributed by atoms with Gasteiger partial charge in [0.1, 0.15) is 16.7 Å². The molecule has 2 aromatic heterocycles. The topological polar surface area (TPSA) is 70.2 Å². The first-order valence-corrected chi connectivity index (χ1v) is 12.3. The maximum Gasteiger partial charge on any atom is 0.265 e. The van der Waals surface area contributed by atoms with Crippen molar-refractivity contribution >= 4 is 29.5 Å². The van der Waals surface area contributed by atoms with Gasteiger partial charge in [-0.2, -0.15) is 0 Å². The number of carbonyl (C=O) groups is 1. The van der Waals surface area contributed by atoms with E-state index in [0.29, 0.717) is 17.5 Å². The molecule has 1 amide bonds. The minimum Gasteiger partial charge on any atom is -0.368 e. The second-order valence-electron chi connectivity index (χ2n) is 10.8. The minimum atomic E-state index is -0.138. The van der Waals surface area contributed by atoms with Crippen LogP contribution in [0, 0.1) is 5.92 Å². The summed E-state index contributed by atoms with van der Waals surface area (Å²) in [5.41, 5.74) is 1.47. The van der Waals surface area contributed by atoms with E-state index in [4.69, 9.17) is 4.98 Å². The van der Waals surface area contributed by atoms with Crippen molar-refractivity contribution < 1.29 is 4.79 Å². The summed E-state index contributed by atoms with van der Waals surface area (Å²) in [6.07, 6.45) is 3.29. The molecule has 1 fully saturated rings. The molecule has 2 aromatic rings. The summed E-state index contributed by atoms with van der Waals surface area (Å²) in [7, 11) is 0. The third-order valence-corrected chi connectivity index (χ3v) is 7.20.